The van der Waals surface area contributed by atoms with E-state index in [0.717, 1.165) is 25.0 Å². The molecule has 3 N–H and O–H groups in total. The van der Waals surface area contributed by atoms with E-state index in [1.807, 2.05) is 0 Å². The van der Waals surface area contributed by atoms with Gasteiger partial charge in [0, 0.05) is 24.9 Å². The summed E-state index contributed by atoms with van der Waals surface area (Å²) in [4.78, 5) is 9.79. The van der Waals surface area contributed by atoms with E-state index >= 15 is 0 Å². The van der Waals surface area contributed by atoms with Crippen LogP contribution in [0.4, 0.5) is 11.4 Å². The van der Waals surface area contributed by atoms with Crippen molar-refractivity contribution in [1.82, 2.24) is 4.72 Å². The molecule has 8 nitrogen and oxygen atoms in total. The van der Waals surface area contributed by atoms with Gasteiger partial charge < -0.3 is 10.5 Å². The molecule has 0 amide bonds. The standard InChI is InChI=1S/C12H17N3O5S/c13-10-3-4-11(15(16)17)12(6-10)21(18,19)14-7-9-2-1-5-20-8-9/h3-4,6,9,14H,1-2,5,7-8,13H2. The van der Waals surface area contributed by atoms with Crippen LogP contribution in [-0.2, 0) is 14.8 Å². The molecule has 0 spiro atoms. The topological polar surface area (TPSA) is 125 Å². The van der Waals surface area contributed by atoms with Crippen molar-refractivity contribution in [3.63, 3.8) is 0 Å². The predicted molar refractivity (Wildman–Crippen MR) is 76.2 cm³/mol. The molecule has 1 fully saturated rings. The summed E-state index contributed by atoms with van der Waals surface area (Å²) in [6.45, 7) is 1.36. The number of hydrogen-bond acceptors (Lipinski definition) is 6. The highest BCUT2D eigenvalue weighted by atomic mass is 32.2. The summed E-state index contributed by atoms with van der Waals surface area (Å²) in [6.07, 6.45) is 1.74. The number of anilines is 1. The summed E-state index contributed by atoms with van der Waals surface area (Å²) >= 11 is 0. The van der Waals surface area contributed by atoms with E-state index in [-0.39, 0.29) is 18.2 Å². The fourth-order valence-electron chi connectivity index (χ4n) is 2.17. The van der Waals surface area contributed by atoms with Gasteiger partial charge in [0.15, 0.2) is 4.90 Å². The number of nitrogen functional groups attached to an aromatic ring is 1. The minimum Gasteiger partial charge on any atom is -0.399 e. The summed E-state index contributed by atoms with van der Waals surface area (Å²) in [6, 6.07) is 3.48. The maximum atomic E-state index is 12.2. The summed E-state index contributed by atoms with van der Waals surface area (Å²) < 4.78 is 32.2. The van der Waals surface area contributed by atoms with Crippen molar-refractivity contribution >= 4 is 21.4 Å². The van der Waals surface area contributed by atoms with Gasteiger partial charge in [0.05, 0.1) is 11.5 Å². The Kier molecular flexibility index (Phi) is 4.76. The Bertz CT molecular complexity index is 626. The zero-order valence-corrected chi connectivity index (χ0v) is 12.1. The molecule has 1 unspecified atom stereocenters. The van der Waals surface area contributed by atoms with E-state index in [1.54, 1.807) is 0 Å². The van der Waals surface area contributed by atoms with Gasteiger partial charge in [-0.2, -0.15) is 0 Å². The molecular formula is C12H17N3O5S. The van der Waals surface area contributed by atoms with Crippen molar-refractivity contribution in [2.45, 2.75) is 17.7 Å². The number of rotatable bonds is 5. The largest absolute Gasteiger partial charge is 0.399 e. The quantitative estimate of drug-likeness (QED) is 0.472. The van der Waals surface area contributed by atoms with Gasteiger partial charge >= 0.3 is 0 Å². The molecule has 9 heteroatoms. The lowest BCUT2D eigenvalue weighted by Crippen LogP contribution is -2.33. The number of nitro benzene ring substituents is 1. The molecule has 0 radical (unpaired) electrons. The maximum absolute atomic E-state index is 12.2. The maximum Gasteiger partial charge on any atom is 0.289 e. The first kappa shape index (κ1) is 15.7. The van der Waals surface area contributed by atoms with Gasteiger partial charge in [-0.1, -0.05) is 0 Å². The highest BCUT2D eigenvalue weighted by Crippen LogP contribution is 2.26. The highest BCUT2D eigenvalue weighted by molar-refractivity contribution is 7.89. The van der Waals surface area contributed by atoms with Gasteiger partial charge in [-0.3, -0.25) is 10.1 Å². The molecule has 1 heterocycles. The fourth-order valence-corrected chi connectivity index (χ4v) is 3.49. The van der Waals surface area contributed by atoms with E-state index < -0.39 is 25.5 Å². The minimum atomic E-state index is -3.99. The molecular weight excluding hydrogens is 298 g/mol. The number of ether oxygens (including phenoxy) is 1. The van der Waals surface area contributed by atoms with Crippen LogP contribution in [0.15, 0.2) is 23.1 Å². The summed E-state index contributed by atoms with van der Waals surface area (Å²) in [5.74, 6) is 0.0774. The van der Waals surface area contributed by atoms with E-state index in [2.05, 4.69) is 4.72 Å². The molecule has 116 valence electrons. The zero-order chi connectivity index (χ0) is 15.5. The van der Waals surface area contributed by atoms with E-state index in [4.69, 9.17) is 10.5 Å². The third-order valence-corrected chi connectivity index (χ3v) is 4.74. The number of hydrogen-bond donors (Lipinski definition) is 2. The molecule has 1 aliphatic heterocycles. The molecule has 0 aliphatic carbocycles. The number of sulfonamides is 1. The molecule has 1 aromatic carbocycles. The molecule has 1 saturated heterocycles. The van der Waals surface area contributed by atoms with Crippen LogP contribution in [-0.4, -0.2) is 33.1 Å². The predicted octanol–water partition coefficient (Wildman–Crippen LogP) is 0.882. The average molecular weight is 315 g/mol. The van der Waals surface area contributed by atoms with Crippen LogP contribution in [0.25, 0.3) is 0 Å². The van der Waals surface area contributed by atoms with Gasteiger partial charge in [-0.25, -0.2) is 13.1 Å². The Hall–Kier alpha value is -1.71. The second-order valence-corrected chi connectivity index (χ2v) is 6.65. The minimum absolute atomic E-state index is 0.0774. The van der Waals surface area contributed by atoms with Crippen LogP contribution < -0.4 is 10.5 Å². The molecule has 0 aromatic heterocycles. The van der Waals surface area contributed by atoms with Gasteiger partial charge in [0.1, 0.15) is 0 Å². The van der Waals surface area contributed by atoms with Crippen molar-refractivity contribution in [3.8, 4) is 0 Å². The van der Waals surface area contributed by atoms with Crippen LogP contribution in [0.2, 0.25) is 0 Å². The number of nitrogens with two attached hydrogens (primary N) is 1. The number of nitrogens with one attached hydrogen (secondary N) is 1. The van der Waals surface area contributed by atoms with E-state index in [0.29, 0.717) is 13.2 Å². The van der Waals surface area contributed by atoms with E-state index in [1.165, 1.54) is 6.07 Å². The Balaban J connectivity index is 2.18. The SMILES string of the molecule is Nc1ccc([N+](=O)[O-])c(S(=O)(=O)NCC2CCCOC2)c1. The lowest BCUT2D eigenvalue weighted by molar-refractivity contribution is -0.387. The van der Waals surface area contributed by atoms with Gasteiger partial charge in [-0.05, 0) is 30.9 Å². The first-order valence-corrected chi connectivity index (χ1v) is 8.00. The van der Waals surface area contributed by atoms with Gasteiger partial charge in [-0.15, -0.1) is 0 Å². The Morgan fingerprint density at radius 1 is 1.48 bits per heavy atom. The van der Waals surface area contributed by atoms with Crippen molar-refractivity contribution in [2.24, 2.45) is 5.92 Å². The van der Waals surface area contributed by atoms with E-state index in [9.17, 15) is 18.5 Å². The molecule has 2 rings (SSSR count). The molecule has 1 atom stereocenters. The molecule has 1 aliphatic rings. The summed E-state index contributed by atoms with van der Waals surface area (Å²) in [7, 11) is -3.99. The van der Waals surface area contributed by atoms with Crippen molar-refractivity contribution < 1.29 is 18.1 Å². The Labute approximate surface area is 122 Å². The molecule has 0 saturated carbocycles. The number of nitrogens with zero attached hydrogens (tertiary/aromatic N) is 1. The van der Waals surface area contributed by atoms with Gasteiger partial charge in [0.25, 0.3) is 5.69 Å². The highest BCUT2D eigenvalue weighted by Gasteiger charge is 2.27. The van der Waals surface area contributed by atoms with Crippen LogP contribution in [0.5, 0.6) is 0 Å². The van der Waals surface area contributed by atoms with Crippen molar-refractivity contribution in [2.75, 3.05) is 25.5 Å². The van der Waals surface area contributed by atoms with Crippen LogP contribution in [0.3, 0.4) is 0 Å². The van der Waals surface area contributed by atoms with Crippen molar-refractivity contribution in [1.29, 1.82) is 0 Å². The Morgan fingerprint density at radius 3 is 2.86 bits per heavy atom. The zero-order valence-electron chi connectivity index (χ0n) is 11.3. The second kappa shape index (κ2) is 6.37. The fraction of sp³-hybridized carbons (Fsp3) is 0.500. The number of benzene rings is 1. The number of nitro groups is 1. The third-order valence-electron chi connectivity index (χ3n) is 3.29. The molecule has 21 heavy (non-hydrogen) atoms. The van der Waals surface area contributed by atoms with Crippen molar-refractivity contribution in [3.05, 3.63) is 28.3 Å². The third kappa shape index (κ3) is 3.90. The Morgan fingerprint density at radius 2 is 2.24 bits per heavy atom. The van der Waals surface area contributed by atoms with Gasteiger partial charge in [0.2, 0.25) is 10.0 Å². The summed E-state index contributed by atoms with van der Waals surface area (Å²) in [5.41, 5.74) is 5.19. The summed E-state index contributed by atoms with van der Waals surface area (Å²) in [5, 5.41) is 10.9. The first-order valence-electron chi connectivity index (χ1n) is 6.51. The lowest BCUT2D eigenvalue weighted by Gasteiger charge is -2.22. The monoisotopic (exact) mass is 315 g/mol. The molecule has 1 aromatic rings. The molecule has 0 bridgehead atoms. The average Bonchev–Trinajstić information content (AvgIpc) is 2.46. The smallest absolute Gasteiger partial charge is 0.289 e. The van der Waals surface area contributed by atoms with Crippen LogP contribution in [0, 0.1) is 16.0 Å². The normalized spacial score (nSPS) is 19.3. The van der Waals surface area contributed by atoms with Crippen LogP contribution in [0.1, 0.15) is 12.8 Å². The first-order chi connectivity index (χ1) is 9.90. The van der Waals surface area contributed by atoms with Crippen LogP contribution >= 0.6 is 0 Å². The second-order valence-electron chi connectivity index (χ2n) is 4.92. The lowest BCUT2D eigenvalue weighted by atomic mass is 10.0.